The van der Waals surface area contributed by atoms with E-state index in [4.69, 9.17) is 0 Å². The number of rotatable bonds is 5. The molecule has 2 aliphatic rings. The highest BCUT2D eigenvalue weighted by molar-refractivity contribution is 4.88. The monoisotopic (exact) mass is 252 g/mol. The first kappa shape index (κ1) is 14.3. The van der Waals surface area contributed by atoms with Crippen molar-refractivity contribution in [3.05, 3.63) is 0 Å². The van der Waals surface area contributed by atoms with Gasteiger partial charge in [-0.25, -0.2) is 0 Å². The molecule has 1 saturated carbocycles. The average molecular weight is 252 g/mol. The quantitative estimate of drug-likeness (QED) is 0.784. The molecule has 0 aromatic heterocycles. The molecule has 0 aromatic carbocycles. The van der Waals surface area contributed by atoms with Crippen molar-refractivity contribution >= 4 is 0 Å². The Balaban J connectivity index is 1.75. The lowest BCUT2D eigenvalue weighted by Gasteiger charge is -2.39. The van der Waals surface area contributed by atoms with Crippen LogP contribution in [-0.4, -0.2) is 26.2 Å². The van der Waals surface area contributed by atoms with Gasteiger partial charge in [0.2, 0.25) is 0 Å². The van der Waals surface area contributed by atoms with Crippen molar-refractivity contribution in [3.63, 3.8) is 0 Å². The Hall–Kier alpha value is -0.0800. The van der Waals surface area contributed by atoms with E-state index in [0.717, 1.165) is 0 Å². The Morgan fingerprint density at radius 3 is 2.39 bits per heavy atom. The van der Waals surface area contributed by atoms with Crippen LogP contribution in [0.4, 0.5) is 0 Å². The number of hydrogen-bond acceptors (Lipinski definition) is 2. The molecular weight excluding hydrogens is 220 g/mol. The summed E-state index contributed by atoms with van der Waals surface area (Å²) in [6.45, 7) is 9.72. The number of hydrogen-bond donors (Lipinski definition) is 2. The average Bonchev–Trinajstić information content (AvgIpc) is 2.40. The molecule has 1 unspecified atom stereocenters. The summed E-state index contributed by atoms with van der Waals surface area (Å²) >= 11 is 0. The zero-order valence-corrected chi connectivity index (χ0v) is 12.5. The molecule has 1 atom stereocenters. The first-order chi connectivity index (χ1) is 8.68. The van der Waals surface area contributed by atoms with E-state index < -0.39 is 0 Å². The third-order valence-electron chi connectivity index (χ3n) is 5.42. The lowest BCUT2D eigenvalue weighted by Crippen LogP contribution is -2.47. The van der Waals surface area contributed by atoms with Crippen molar-refractivity contribution in [3.8, 4) is 0 Å². The van der Waals surface area contributed by atoms with Crippen LogP contribution in [0.2, 0.25) is 0 Å². The summed E-state index contributed by atoms with van der Waals surface area (Å²) in [5.74, 6) is 0. The minimum absolute atomic E-state index is 0.531. The summed E-state index contributed by atoms with van der Waals surface area (Å²) in [5.41, 5.74) is 1.11. The summed E-state index contributed by atoms with van der Waals surface area (Å²) in [5, 5.41) is 7.40. The second kappa shape index (κ2) is 6.38. The summed E-state index contributed by atoms with van der Waals surface area (Å²) in [7, 11) is 0. The number of nitrogens with one attached hydrogen (secondary N) is 2. The van der Waals surface area contributed by atoms with Crippen LogP contribution in [0.25, 0.3) is 0 Å². The highest BCUT2D eigenvalue weighted by atomic mass is 14.9. The smallest absolute Gasteiger partial charge is 0.00201 e. The predicted molar refractivity (Wildman–Crippen MR) is 78.9 cm³/mol. The topological polar surface area (TPSA) is 24.1 Å². The van der Waals surface area contributed by atoms with Gasteiger partial charge in [0.25, 0.3) is 0 Å². The first-order valence-corrected chi connectivity index (χ1v) is 8.10. The van der Waals surface area contributed by atoms with Gasteiger partial charge in [-0.2, -0.15) is 0 Å². The van der Waals surface area contributed by atoms with E-state index in [1.807, 2.05) is 0 Å². The Morgan fingerprint density at radius 1 is 1.00 bits per heavy atom. The molecular formula is C16H32N2. The molecule has 2 rings (SSSR count). The van der Waals surface area contributed by atoms with Crippen LogP contribution in [-0.2, 0) is 0 Å². The SMILES string of the molecule is CCC1(CNCC2(C)CCCCC2)CCCNC1. The van der Waals surface area contributed by atoms with Crippen molar-refractivity contribution < 1.29 is 0 Å². The van der Waals surface area contributed by atoms with Gasteiger partial charge in [-0.1, -0.05) is 33.1 Å². The van der Waals surface area contributed by atoms with Crippen LogP contribution in [0.1, 0.15) is 65.2 Å². The molecule has 1 aliphatic heterocycles. The van der Waals surface area contributed by atoms with Crippen LogP contribution in [0.3, 0.4) is 0 Å². The highest BCUT2D eigenvalue weighted by Gasteiger charge is 2.31. The fourth-order valence-corrected chi connectivity index (χ4v) is 3.82. The van der Waals surface area contributed by atoms with Gasteiger partial charge in [-0.15, -0.1) is 0 Å². The molecule has 0 radical (unpaired) electrons. The summed E-state index contributed by atoms with van der Waals surface area (Å²) in [6, 6.07) is 0. The van der Waals surface area contributed by atoms with Crippen molar-refractivity contribution in [2.75, 3.05) is 26.2 Å². The maximum absolute atomic E-state index is 3.82. The van der Waals surface area contributed by atoms with Crippen LogP contribution in [0.15, 0.2) is 0 Å². The molecule has 0 bridgehead atoms. The van der Waals surface area contributed by atoms with Gasteiger partial charge in [0, 0.05) is 19.6 Å². The zero-order valence-electron chi connectivity index (χ0n) is 12.5. The van der Waals surface area contributed by atoms with Crippen molar-refractivity contribution in [1.82, 2.24) is 10.6 Å². The maximum atomic E-state index is 3.82. The molecule has 1 heterocycles. The van der Waals surface area contributed by atoms with Crippen molar-refractivity contribution in [2.45, 2.75) is 65.2 Å². The van der Waals surface area contributed by atoms with E-state index in [-0.39, 0.29) is 0 Å². The van der Waals surface area contributed by atoms with Crippen LogP contribution in [0.5, 0.6) is 0 Å². The molecule has 2 N–H and O–H groups in total. The molecule has 1 aliphatic carbocycles. The lowest BCUT2D eigenvalue weighted by molar-refractivity contribution is 0.162. The molecule has 1 saturated heterocycles. The van der Waals surface area contributed by atoms with E-state index in [1.165, 1.54) is 77.5 Å². The highest BCUT2D eigenvalue weighted by Crippen LogP contribution is 2.35. The van der Waals surface area contributed by atoms with Crippen LogP contribution < -0.4 is 10.6 Å². The van der Waals surface area contributed by atoms with E-state index in [9.17, 15) is 0 Å². The Kier molecular flexibility index (Phi) is 5.08. The fraction of sp³-hybridized carbons (Fsp3) is 1.00. The minimum Gasteiger partial charge on any atom is -0.316 e. The minimum atomic E-state index is 0.531. The molecule has 2 fully saturated rings. The molecule has 2 nitrogen and oxygen atoms in total. The van der Waals surface area contributed by atoms with Gasteiger partial charge in [0.05, 0.1) is 0 Å². The molecule has 0 spiro atoms. The van der Waals surface area contributed by atoms with Crippen molar-refractivity contribution in [1.29, 1.82) is 0 Å². The second-order valence-electron chi connectivity index (χ2n) is 7.11. The lowest BCUT2D eigenvalue weighted by atomic mass is 9.74. The molecule has 106 valence electrons. The van der Waals surface area contributed by atoms with Gasteiger partial charge < -0.3 is 10.6 Å². The van der Waals surface area contributed by atoms with E-state index in [2.05, 4.69) is 24.5 Å². The Bertz CT molecular complexity index is 237. The Labute approximate surface area is 113 Å². The third kappa shape index (κ3) is 3.71. The van der Waals surface area contributed by atoms with Gasteiger partial charge in [-0.3, -0.25) is 0 Å². The molecule has 2 heteroatoms. The van der Waals surface area contributed by atoms with Gasteiger partial charge in [-0.05, 0) is 49.5 Å². The normalized spacial score (nSPS) is 32.3. The van der Waals surface area contributed by atoms with E-state index >= 15 is 0 Å². The molecule has 18 heavy (non-hydrogen) atoms. The second-order valence-corrected chi connectivity index (χ2v) is 7.11. The van der Waals surface area contributed by atoms with Gasteiger partial charge in [0.15, 0.2) is 0 Å². The van der Waals surface area contributed by atoms with Gasteiger partial charge in [0.1, 0.15) is 0 Å². The number of piperidine rings is 1. The van der Waals surface area contributed by atoms with E-state index in [0.29, 0.717) is 10.8 Å². The zero-order chi connectivity index (χ0) is 12.9. The largest absolute Gasteiger partial charge is 0.316 e. The predicted octanol–water partition coefficient (Wildman–Crippen LogP) is 3.33. The third-order valence-corrected chi connectivity index (χ3v) is 5.42. The van der Waals surface area contributed by atoms with E-state index in [1.54, 1.807) is 0 Å². The summed E-state index contributed by atoms with van der Waals surface area (Å²) in [4.78, 5) is 0. The fourth-order valence-electron chi connectivity index (χ4n) is 3.82. The van der Waals surface area contributed by atoms with Crippen LogP contribution in [0, 0.1) is 10.8 Å². The standard InChI is InChI=1S/C16H32N2/c1-3-16(10-7-11-17-13-16)14-18-12-15(2)8-5-4-6-9-15/h17-18H,3-14H2,1-2H3. The van der Waals surface area contributed by atoms with Crippen LogP contribution >= 0.6 is 0 Å². The van der Waals surface area contributed by atoms with Crippen molar-refractivity contribution in [2.24, 2.45) is 10.8 Å². The summed E-state index contributed by atoms with van der Waals surface area (Å²) in [6.07, 6.45) is 11.3. The Morgan fingerprint density at radius 2 is 1.78 bits per heavy atom. The molecule has 0 aromatic rings. The first-order valence-electron chi connectivity index (χ1n) is 8.10. The van der Waals surface area contributed by atoms with Gasteiger partial charge >= 0.3 is 0 Å². The maximum Gasteiger partial charge on any atom is 0.00201 e. The summed E-state index contributed by atoms with van der Waals surface area (Å²) < 4.78 is 0. The molecule has 0 amide bonds.